The van der Waals surface area contributed by atoms with E-state index in [4.69, 9.17) is 0 Å². The standard InChI is InChI=1S/C9H19N.ClH/c1-5-9(6-2)10(7-3)8-4;/h5H,6-8H2,1-4H3;1H. The smallest absolute Gasteiger partial charge is 0.0146 e. The zero-order valence-corrected chi connectivity index (χ0v) is 8.87. The quantitative estimate of drug-likeness (QED) is 0.638. The zero-order chi connectivity index (χ0) is 7.98. The molecule has 0 aliphatic carbocycles. The summed E-state index contributed by atoms with van der Waals surface area (Å²) in [7, 11) is 0. The van der Waals surface area contributed by atoms with Gasteiger partial charge in [-0.25, -0.2) is 0 Å². The highest BCUT2D eigenvalue weighted by atomic mass is 35.5. The Labute approximate surface area is 76.9 Å². The molecule has 0 unspecified atom stereocenters. The molecular weight excluding hydrogens is 158 g/mol. The Morgan fingerprint density at radius 3 is 1.73 bits per heavy atom. The van der Waals surface area contributed by atoms with E-state index >= 15 is 0 Å². The predicted molar refractivity (Wildman–Crippen MR) is 54.2 cm³/mol. The molecule has 0 N–H and O–H groups in total. The highest BCUT2D eigenvalue weighted by molar-refractivity contribution is 5.85. The monoisotopic (exact) mass is 177 g/mol. The van der Waals surface area contributed by atoms with Gasteiger partial charge in [-0.1, -0.05) is 13.0 Å². The molecule has 0 rings (SSSR count). The third-order valence-electron chi connectivity index (χ3n) is 1.87. The third kappa shape index (κ3) is 4.31. The van der Waals surface area contributed by atoms with Crippen molar-refractivity contribution in [3.05, 3.63) is 11.8 Å². The fraction of sp³-hybridized carbons (Fsp3) is 0.778. The fourth-order valence-electron chi connectivity index (χ4n) is 1.24. The fourth-order valence-corrected chi connectivity index (χ4v) is 1.24. The molecular formula is C9H20ClN. The van der Waals surface area contributed by atoms with Crippen molar-refractivity contribution in [3.63, 3.8) is 0 Å². The van der Waals surface area contributed by atoms with E-state index in [0.29, 0.717) is 0 Å². The lowest BCUT2D eigenvalue weighted by atomic mass is 10.3. The molecule has 0 aliphatic rings. The molecule has 0 aromatic heterocycles. The lowest BCUT2D eigenvalue weighted by Crippen LogP contribution is -2.21. The van der Waals surface area contributed by atoms with Gasteiger partial charge in [0.05, 0.1) is 0 Å². The number of nitrogens with zero attached hydrogens (tertiary/aromatic N) is 1. The molecule has 0 aromatic rings. The first-order valence-electron chi connectivity index (χ1n) is 4.20. The maximum Gasteiger partial charge on any atom is 0.0146 e. The van der Waals surface area contributed by atoms with Crippen LogP contribution in [0, 0.1) is 0 Å². The molecule has 0 aliphatic heterocycles. The van der Waals surface area contributed by atoms with Gasteiger partial charge in [0.15, 0.2) is 0 Å². The Kier molecular flexibility index (Phi) is 9.68. The molecule has 0 saturated carbocycles. The minimum atomic E-state index is 0. The van der Waals surface area contributed by atoms with Gasteiger partial charge >= 0.3 is 0 Å². The molecule has 0 saturated heterocycles. The van der Waals surface area contributed by atoms with E-state index in [1.54, 1.807) is 0 Å². The summed E-state index contributed by atoms with van der Waals surface area (Å²) in [5.74, 6) is 0. The summed E-state index contributed by atoms with van der Waals surface area (Å²) in [6.07, 6.45) is 3.35. The summed E-state index contributed by atoms with van der Waals surface area (Å²) in [4.78, 5) is 2.39. The SMILES string of the molecule is CC=C(CC)N(CC)CC.Cl. The van der Waals surface area contributed by atoms with E-state index in [0.717, 1.165) is 19.5 Å². The second-order valence-electron chi connectivity index (χ2n) is 2.31. The summed E-state index contributed by atoms with van der Waals surface area (Å²) in [5, 5.41) is 0. The molecule has 0 heterocycles. The van der Waals surface area contributed by atoms with Crippen LogP contribution in [0.5, 0.6) is 0 Å². The number of hydrogen-bond donors (Lipinski definition) is 0. The van der Waals surface area contributed by atoms with E-state index in [-0.39, 0.29) is 12.4 Å². The van der Waals surface area contributed by atoms with Crippen LogP contribution in [-0.2, 0) is 0 Å². The number of halogens is 1. The minimum absolute atomic E-state index is 0. The van der Waals surface area contributed by atoms with Crippen molar-refractivity contribution < 1.29 is 0 Å². The zero-order valence-electron chi connectivity index (χ0n) is 8.05. The molecule has 0 radical (unpaired) electrons. The first-order valence-corrected chi connectivity index (χ1v) is 4.20. The van der Waals surface area contributed by atoms with E-state index in [1.165, 1.54) is 5.70 Å². The van der Waals surface area contributed by atoms with E-state index in [2.05, 4.69) is 38.7 Å². The van der Waals surface area contributed by atoms with E-state index in [1.807, 2.05) is 0 Å². The van der Waals surface area contributed by atoms with Crippen LogP contribution in [0.3, 0.4) is 0 Å². The van der Waals surface area contributed by atoms with Crippen LogP contribution in [0.1, 0.15) is 34.1 Å². The first kappa shape index (κ1) is 13.4. The summed E-state index contributed by atoms with van der Waals surface area (Å²) in [6.45, 7) is 11.0. The summed E-state index contributed by atoms with van der Waals surface area (Å²) < 4.78 is 0. The van der Waals surface area contributed by atoms with Crippen molar-refractivity contribution >= 4 is 12.4 Å². The average Bonchev–Trinajstić information content (AvgIpc) is 2.00. The highest BCUT2D eigenvalue weighted by Gasteiger charge is 1.99. The van der Waals surface area contributed by atoms with Crippen molar-refractivity contribution in [1.29, 1.82) is 0 Å². The Morgan fingerprint density at radius 2 is 1.64 bits per heavy atom. The van der Waals surface area contributed by atoms with Crippen LogP contribution in [0.2, 0.25) is 0 Å². The van der Waals surface area contributed by atoms with Gasteiger partial charge in [-0.15, -0.1) is 12.4 Å². The van der Waals surface area contributed by atoms with Crippen molar-refractivity contribution in [2.45, 2.75) is 34.1 Å². The maximum absolute atomic E-state index is 2.39. The van der Waals surface area contributed by atoms with Crippen LogP contribution in [0.15, 0.2) is 11.8 Å². The molecule has 1 nitrogen and oxygen atoms in total. The second-order valence-corrected chi connectivity index (χ2v) is 2.31. The van der Waals surface area contributed by atoms with E-state index in [9.17, 15) is 0 Å². The van der Waals surface area contributed by atoms with Crippen LogP contribution in [-0.4, -0.2) is 18.0 Å². The number of rotatable bonds is 4. The predicted octanol–water partition coefficient (Wildman–Crippen LogP) is 3.06. The normalized spacial score (nSPS) is 10.7. The Bertz CT molecular complexity index is 106. The number of hydrogen-bond acceptors (Lipinski definition) is 1. The summed E-state index contributed by atoms with van der Waals surface area (Å²) in [6, 6.07) is 0. The van der Waals surface area contributed by atoms with Gasteiger partial charge in [-0.3, -0.25) is 0 Å². The van der Waals surface area contributed by atoms with Gasteiger partial charge in [0.2, 0.25) is 0 Å². The van der Waals surface area contributed by atoms with Crippen molar-refractivity contribution in [1.82, 2.24) is 4.90 Å². The van der Waals surface area contributed by atoms with Crippen LogP contribution in [0.25, 0.3) is 0 Å². The van der Waals surface area contributed by atoms with Gasteiger partial charge < -0.3 is 4.90 Å². The summed E-state index contributed by atoms with van der Waals surface area (Å²) >= 11 is 0. The molecule has 0 aromatic carbocycles. The molecule has 11 heavy (non-hydrogen) atoms. The van der Waals surface area contributed by atoms with Gasteiger partial charge in [-0.05, 0) is 27.2 Å². The lowest BCUT2D eigenvalue weighted by molar-refractivity contribution is 0.371. The largest absolute Gasteiger partial charge is 0.376 e. The van der Waals surface area contributed by atoms with Crippen LogP contribution >= 0.6 is 12.4 Å². The first-order chi connectivity index (χ1) is 4.79. The molecule has 0 fully saturated rings. The second kappa shape index (κ2) is 7.93. The molecule has 0 bridgehead atoms. The van der Waals surface area contributed by atoms with Crippen molar-refractivity contribution in [2.24, 2.45) is 0 Å². The molecule has 68 valence electrons. The summed E-state index contributed by atoms with van der Waals surface area (Å²) in [5.41, 5.74) is 1.46. The Hall–Kier alpha value is -0.170. The van der Waals surface area contributed by atoms with E-state index < -0.39 is 0 Å². The molecule has 2 heteroatoms. The lowest BCUT2D eigenvalue weighted by Gasteiger charge is -2.23. The molecule has 0 atom stereocenters. The molecule has 0 amide bonds. The average molecular weight is 178 g/mol. The third-order valence-corrected chi connectivity index (χ3v) is 1.87. The van der Waals surface area contributed by atoms with Gasteiger partial charge in [-0.2, -0.15) is 0 Å². The van der Waals surface area contributed by atoms with Gasteiger partial charge in [0, 0.05) is 18.8 Å². The molecule has 0 spiro atoms. The minimum Gasteiger partial charge on any atom is -0.376 e. The van der Waals surface area contributed by atoms with Gasteiger partial charge in [0.1, 0.15) is 0 Å². The number of allylic oxidation sites excluding steroid dienone is 2. The Morgan fingerprint density at radius 1 is 1.18 bits per heavy atom. The maximum atomic E-state index is 2.39. The van der Waals surface area contributed by atoms with Crippen LogP contribution < -0.4 is 0 Å². The highest BCUT2D eigenvalue weighted by Crippen LogP contribution is 2.06. The van der Waals surface area contributed by atoms with Crippen molar-refractivity contribution in [2.75, 3.05) is 13.1 Å². The van der Waals surface area contributed by atoms with Crippen LogP contribution in [0.4, 0.5) is 0 Å². The topological polar surface area (TPSA) is 3.24 Å². The Balaban J connectivity index is 0. The van der Waals surface area contributed by atoms with Gasteiger partial charge in [0.25, 0.3) is 0 Å². The van der Waals surface area contributed by atoms with Crippen molar-refractivity contribution in [3.8, 4) is 0 Å².